The summed E-state index contributed by atoms with van der Waals surface area (Å²) < 4.78 is 43.5. The average Bonchev–Trinajstić information content (AvgIpc) is 2.45. The largest absolute Gasteiger partial charge is 0.479 e. The van der Waals surface area contributed by atoms with Gasteiger partial charge in [0.25, 0.3) is 0 Å². The molecule has 0 bridgehead atoms. The molecule has 0 aliphatic carbocycles. The molecule has 0 N–H and O–H groups in total. The topological polar surface area (TPSA) is 52.1 Å². The van der Waals surface area contributed by atoms with Crippen LogP contribution in [0.4, 0.5) is 13.2 Å². The number of benzene rings is 1. The smallest absolute Gasteiger partial charge is 0.417 e. The number of ether oxygens (including phenoxy) is 1. The van der Waals surface area contributed by atoms with Crippen molar-refractivity contribution >= 4 is 5.78 Å². The molecule has 0 fully saturated rings. The number of nitrogens with zero attached hydrogens (tertiary/aromatic N) is 2. The van der Waals surface area contributed by atoms with Crippen LogP contribution in [0, 0.1) is 0 Å². The summed E-state index contributed by atoms with van der Waals surface area (Å²) in [5.41, 5.74) is -1.76. The summed E-state index contributed by atoms with van der Waals surface area (Å²) in [6.07, 6.45) is -2.13. The molecule has 0 amide bonds. The molecule has 0 saturated heterocycles. The number of carbonyl (C=O) groups is 1. The second kappa shape index (κ2) is 5.28. The lowest BCUT2D eigenvalue weighted by atomic mass is 10.0. The van der Waals surface area contributed by atoms with E-state index in [1.165, 1.54) is 31.6 Å². The van der Waals surface area contributed by atoms with Gasteiger partial charge in [-0.25, -0.2) is 9.97 Å². The Kier molecular flexibility index (Phi) is 3.69. The van der Waals surface area contributed by atoms with E-state index in [9.17, 15) is 18.0 Å². The maximum absolute atomic E-state index is 12.9. The van der Waals surface area contributed by atoms with Crippen LogP contribution in [0.5, 0.6) is 5.88 Å². The van der Waals surface area contributed by atoms with E-state index >= 15 is 0 Å². The van der Waals surface area contributed by atoms with Crippen LogP contribution < -0.4 is 4.74 Å². The highest BCUT2D eigenvalue weighted by atomic mass is 19.4. The van der Waals surface area contributed by atoms with Crippen LogP contribution in [-0.4, -0.2) is 22.9 Å². The van der Waals surface area contributed by atoms with Crippen molar-refractivity contribution in [1.82, 2.24) is 9.97 Å². The van der Waals surface area contributed by atoms with Crippen molar-refractivity contribution in [2.75, 3.05) is 7.11 Å². The van der Waals surface area contributed by atoms with Gasteiger partial charge in [0.1, 0.15) is 0 Å². The van der Waals surface area contributed by atoms with E-state index in [-0.39, 0.29) is 11.6 Å². The number of methoxy groups -OCH3 is 1. The Labute approximate surface area is 112 Å². The number of rotatable bonds is 3. The number of alkyl halides is 3. The standard InChI is InChI=1S/C13H9F3N2O2/c1-20-12-10(17-6-7-18-12)11(19)8-4-2-3-5-9(8)13(14,15)16/h2-7H,1H3. The molecule has 2 rings (SSSR count). The highest BCUT2D eigenvalue weighted by Crippen LogP contribution is 2.33. The first-order valence-corrected chi connectivity index (χ1v) is 5.51. The molecule has 104 valence electrons. The second-order valence-electron chi connectivity index (χ2n) is 3.79. The molecule has 1 aromatic heterocycles. The third-order valence-electron chi connectivity index (χ3n) is 2.55. The van der Waals surface area contributed by atoms with Gasteiger partial charge < -0.3 is 4.74 Å². The highest BCUT2D eigenvalue weighted by Gasteiger charge is 2.35. The molecule has 0 radical (unpaired) electrons. The molecule has 2 aromatic rings. The number of aromatic nitrogens is 2. The Bertz CT molecular complexity index is 642. The lowest BCUT2D eigenvalue weighted by Crippen LogP contribution is -2.15. The molecule has 0 unspecified atom stereocenters. The van der Waals surface area contributed by atoms with Crippen molar-refractivity contribution in [3.05, 3.63) is 53.5 Å². The Hall–Kier alpha value is -2.44. The molecule has 0 aliphatic heterocycles. The van der Waals surface area contributed by atoms with Gasteiger partial charge in [-0.1, -0.05) is 18.2 Å². The first-order chi connectivity index (χ1) is 9.45. The summed E-state index contributed by atoms with van der Waals surface area (Å²) >= 11 is 0. The number of halogens is 3. The minimum atomic E-state index is -4.62. The van der Waals surface area contributed by atoms with Crippen LogP contribution >= 0.6 is 0 Å². The normalized spacial score (nSPS) is 11.2. The van der Waals surface area contributed by atoms with Gasteiger partial charge in [-0.15, -0.1) is 0 Å². The van der Waals surface area contributed by atoms with E-state index in [4.69, 9.17) is 4.74 Å². The number of carbonyl (C=O) groups excluding carboxylic acids is 1. The van der Waals surface area contributed by atoms with Crippen molar-refractivity contribution < 1.29 is 22.7 Å². The molecule has 4 nitrogen and oxygen atoms in total. The van der Waals surface area contributed by atoms with Crippen LogP contribution in [0.3, 0.4) is 0 Å². The van der Waals surface area contributed by atoms with E-state index in [0.717, 1.165) is 12.1 Å². The Morgan fingerprint density at radius 3 is 2.45 bits per heavy atom. The zero-order chi connectivity index (χ0) is 14.8. The van der Waals surface area contributed by atoms with Gasteiger partial charge in [0.15, 0.2) is 5.69 Å². The third-order valence-corrected chi connectivity index (χ3v) is 2.55. The van der Waals surface area contributed by atoms with Crippen molar-refractivity contribution in [1.29, 1.82) is 0 Å². The zero-order valence-corrected chi connectivity index (χ0v) is 10.3. The number of hydrogen-bond acceptors (Lipinski definition) is 4. The van der Waals surface area contributed by atoms with Crippen LogP contribution in [-0.2, 0) is 6.18 Å². The molecule has 1 heterocycles. The molecule has 7 heteroatoms. The summed E-state index contributed by atoms with van der Waals surface area (Å²) in [5.74, 6) is -1.00. The van der Waals surface area contributed by atoms with E-state index in [1.807, 2.05) is 0 Å². The molecular formula is C13H9F3N2O2. The van der Waals surface area contributed by atoms with E-state index in [1.54, 1.807) is 0 Å². The zero-order valence-electron chi connectivity index (χ0n) is 10.3. The fraction of sp³-hybridized carbons (Fsp3) is 0.154. The minimum Gasteiger partial charge on any atom is -0.479 e. The van der Waals surface area contributed by atoms with Gasteiger partial charge in [-0.2, -0.15) is 13.2 Å². The van der Waals surface area contributed by atoms with Crippen molar-refractivity contribution in [3.63, 3.8) is 0 Å². The molecule has 0 saturated carbocycles. The van der Waals surface area contributed by atoms with Gasteiger partial charge >= 0.3 is 6.18 Å². The predicted octanol–water partition coefficient (Wildman–Crippen LogP) is 2.74. The van der Waals surface area contributed by atoms with Crippen LogP contribution in [0.1, 0.15) is 21.6 Å². The molecule has 0 aliphatic rings. The minimum absolute atomic E-state index is 0.116. The molecule has 0 spiro atoms. The molecule has 0 atom stereocenters. The highest BCUT2D eigenvalue weighted by molar-refractivity contribution is 6.10. The van der Waals surface area contributed by atoms with Gasteiger partial charge in [0.05, 0.1) is 12.7 Å². The second-order valence-corrected chi connectivity index (χ2v) is 3.79. The SMILES string of the molecule is COc1nccnc1C(=O)c1ccccc1C(F)(F)F. The summed E-state index contributed by atoms with van der Waals surface area (Å²) in [6, 6.07) is 4.51. The number of hydrogen-bond donors (Lipinski definition) is 0. The van der Waals surface area contributed by atoms with Crippen LogP contribution in [0.2, 0.25) is 0 Å². The van der Waals surface area contributed by atoms with E-state index in [2.05, 4.69) is 9.97 Å². The van der Waals surface area contributed by atoms with Gasteiger partial charge in [0, 0.05) is 18.0 Å². The van der Waals surface area contributed by atoms with Gasteiger partial charge in [0.2, 0.25) is 11.7 Å². The van der Waals surface area contributed by atoms with Crippen LogP contribution in [0.25, 0.3) is 0 Å². The number of ketones is 1. The molecule has 1 aromatic carbocycles. The first kappa shape index (κ1) is 14.0. The summed E-state index contributed by atoms with van der Waals surface area (Å²) in [6.45, 7) is 0. The molecule has 20 heavy (non-hydrogen) atoms. The average molecular weight is 282 g/mol. The van der Waals surface area contributed by atoms with E-state index in [0.29, 0.717) is 0 Å². The first-order valence-electron chi connectivity index (χ1n) is 5.51. The van der Waals surface area contributed by atoms with Crippen molar-refractivity contribution in [2.45, 2.75) is 6.18 Å². The monoisotopic (exact) mass is 282 g/mol. The fourth-order valence-corrected chi connectivity index (χ4v) is 1.69. The van der Waals surface area contributed by atoms with Crippen molar-refractivity contribution in [3.8, 4) is 5.88 Å². The Morgan fingerprint density at radius 1 is 1.15 bits per heavy atom. The fourth-order valence-electron chi connectivity index (χ4n) is 1.69. The summed E-state index contributed by atoms with van der Waals surface area (Å²) in [4.78, 5) is 19.7. The maximum Gasteiger partial charge on any atom is 0.417 e. The Balaban J connectivity index is 2.55. The lowest BCUT2D eigenvalue weighted by molar-refractivity contribution is -0.137. The predicted molar refractivity (Wildman–Crippen MR) is 63.5 cm³/mol. The van der Waals surface area contributed by atoms with Crippen LogP contribution in [0.15, 0.2) is 36.7 Å². The third kappa shape index (κ3) is 2.61. The Morgan fingerprint density at radius 2 is 1.80 bits per heavy atom. The quantitative estimate of drug-likeness (QED) is 0.812. The maximum atomic E-state index is 12.9. The van der Waals surface area contributed by atoms with E-state index < -0.39 is 23.1 Å². The van der Waals surface area contributed by atoms with Crippen molar-refractivity contribution in [2.24, 2.45) is 0 Å². The van der Waals surface area contributed by atoms with Gasteiger partial charge in [-0.05, 0) is 6.07 Å². The summed E-state index contributed by atoms with van der Waals surface area (Å²) in [7, 11) is 1.26. The summed E-state index contributed by atoms with van der Waals surface area (Å²) in [5, 5.41) is 0. The van der Waals surface area contributed by atoms with Gasteiger partial charge in [-0.3, -0.25) is 4.79 Å². The lowest BCUT2D eigenvalue weighted by Gasteiger charge is -2.12. The molecular weight excluding hydrogens is 273 g/mol.